The fraction of sp³-hybridized carbons (Fsp3) is 0.200. The molecule has 1 heterocycles. The maximum Gasteiger partial charge on any atom is 0.255 e. The Bertz CT molecular complexity index is 605. The molecule has 0 aliphatic rings. The number of benzene rings is 1. The van der Waals surface area contributed by atoms with E-state index in [0.29, 0.717) is 24.5 Å². The van der Waals surface area contributed by atoms with E-state index in [2.05, 4.69) is 4.98 Å². The van der Waals surface area contributed by atoms with Gasteiger partial charge in [-0.2, -0.15) is 0 Å². The lowest BCUT2D eigenvalue weighted by atomic mass is 10.2. The second kappa shape index (κ2) is 6.91. The number of nitrogens with zero attached hydrogens (tertiary/aromatic N) is 1. The molecule has 5 heteroatoms. The highest BCUT2D eigenvalue weighted by molar-refractivity contribution is 6.18. The summed E-state index contributed by atoms with van der Waals surface area (Å²) in [6.07, 6.45) is 1.43. The van der Waals surface area contributed by atoms with Crippen LogP contribution in [0.1, 0.15) is 15.9 Å². The van der Waals surface area contributed by atoms with Crippen molar-refractivity contribution in [1.82, 2.24) is 9.88 Å². The SMILES string of the molecule is O=C(c1ccc(=O)[nH]c1)N(CCCl)Cc1ccccc1. The van der Waals surface area contributed by atoms with E-state index in [0.717, 1.165) is 5.56 Å². The van der Waals surface area contributed by atoms with Gasteiger partial charge in [0.15, 0.2) is 0 Å². The Labute approximate surface area is 122 Å². The number of carbonyl (C=O) groups excluding carboxylic acids is 1. The number of carbonyl (C=O) groups is 1. The van der Waals surface area contributed by atoms with Crippen LogP contribution in [0.25, 0.3) is 0 Å². The van der Waals surface area contributed by atoms with Crippen LogP contribution in [0.2, 0.25) is 0 Å². The van der Waals surface area contributed by atoms with Gasteiger partial charge in [-0.25, -0.2) is 0 Å². The van der Waals surface area contributed by atoms with E-state index < -0.39 is 0 Å². The van der Waals surface area contributed by atoms with Crippen LogP contribution in [0.15, 0.2) is 53.5 Å². The number of pyridine rings is 1. The summed E-state index contributed by atoms with van der Waals surface area (Å²) in [5, 5.41) is 0. The summed E-state index contributed by atoms with van der Waals surface area (Å²) in [4.78, 5) is 27.6. The molecule has 0 aliphatic carbocycles. The number of hydrogen-bond acceptors (Lipinski definition) is 2. The van der Waals surface area contributed by atoms with Crippen LogP contribution in [-0.4, -0.2) is 28.2 Å². The molecule has 104 valence electrons. The van der Waals surface area contributed by atoms with Crippen molar-refractivity contribution in [2.75, 3.05) is 12.4 Å². The van der Waals surface area contributed by atoms with Gasteiger partial charge in [0.1, 0.15) is 0 Å². The van der Waals surface area contributed by atoms with Gasteiger partial charge in [-0.1, -0.05) is 30.3 Å². The van der Waals surface area contributed by atoms with Crippen molar-refractivity contribution >= 4 is 17.5 Å². The van der Waals surface area contributed by atoms with Gasteiger partial charge in [0.05, 0.1) is 5.56 Å². The quantitative estimate of drug-likeness (QED) is 0.859. The third kappa shape index (κ3) is 3.71. The van der Waals surface area contributed by atoms with Gasteiger partial charge in [-0.3, -0.25) is 9.59 Å². The minimum absolute atomic E-state index is 0.147. The van der Waals surface area contributed by atoms with Crippen molar-refractivity contribution in [1.29, 1.82) is 0 Å². The van der Waals surface area contributed by atoms with Crippen molar-refractivity contribution < 1.29 is 4.79 Å². The first-order valence-electron chi connectivity index (χ1n) is 6.28. The predicted octanol–water partition coefficient (Wildman–Crippen LogP) is 2.26. The molecular formula is C15H15ClN2O2. The summed E-state index contributed by atoms with van der Waals surface area (Å²) in [5.74, 6) is 0.216. The Hall–Kier alpha value is -2.07. The lowest BCUT2D eigenvalue weighted by molar-refractivity contribution is 0.0753. The average Bonchev–Trinajstić information content (AvgIpc) is 2.48. The van der Waals surface area contributed by atoms with E-state index in [9.17, 15) is 9.59 Å². The van der Waals surface area contributed by atoms with E-state index in [-0.39, 0.29) is 11.5 Å². The Morgan fingerprint density at radius 3 is 2.50 bits per heavy atom. The highest BCUT2D eigenvalue weighted by atomic mass is 35.5. The van der Waals surface area contributed by atoms with Crippen LogP contribution >= 0.6 is 11.6 Å². The Morgan fingerprint density at radius 1 is 1.15 bits per heavy atom. The van der Waals surface area contributed by atoms with E-state index in [1.807, 2.05) is 30.3 Å². The number of aromatic nitrogens is 1. The maximum absolute atomic E-state index is 12.4. The number of rotatable bonds is 5. The molecule has 0 atom stereocenters. The van der Waals surface area contributed by atoms with Crippen LogP contribution < -0.4 is 5.56 Å². The minimum atomic E-state index is -0.228. The van der Waals surface area contributed by atoms with E-state index >= 15 is 0 Å². The maximum atomic E-state index is 12.4. The molecule has 1 aromatic carbocycles. The Kier molecular flexibility index (Phi) is 4.96. The van der Waals surface area contributed by atoms with Gasteiger partial charge < -0.3 is 9.88 Å². The fourth-order valence-corrected chi connectivity index (χ4v) is 2.09. The molecule has 0 saturated carbocycles. The molecule has 1 N–H and O–H groups in total. The van der Waals surface area contributed by atoms with Gasteiger partial charge >= 0.3 is 0 Å². The highest BCUT2D eigenvalue weighted by Gasteiger charge is 2.15. The van der Waals surface area contributed by atoms with Crippen molar-refractivity contribution in [3.63, 3.8) is 0 Å². The highest BCUT2D eigenvalue weighted by Crippen LogP contribution is 2.09. The summed E-state index contributed by atoms with van der Waals surface area (Å²) in [7, 11) is 0. The molecule has 2 aromatic rings. The van der Waals surface area contributed by atoms with Crippen molar-refractivity contribution in [3.05, 3.63) is 70.1 Å². The monoisotopic (exact) mass is 290 g/mol. The fourth-order valence-electron chi connectivity index (χ4n) is 1.88. The first kappa shape index (κ1) is 14.3. The molecule has 0 spiro atoms. The summed E-state index contributed by atoms with van der Waals surface area (Å²) in [5.41, 5.74) is 1.26. The summed E-state index contributed by atoms with van der Waals surface area (Å²) in [6.45, 7) is 0.944. The molecule has 1 aromatic heterocycles. The average molecular weight is 291 g/mol. The number of hydrogen-bond donors (Lipinski definition) is 1. The summed E-state index contributed by atoms with van der Waals surface area (Å²) >= 11 is 5.77. The number of nitrogens with one attached hydrogen (secondary N) is 1. The van der Waals surface area contributed by atoms with Crippen molar-refractivity contribution in [2.24, 2.45) is 0 Å². The first-order valence-corrected chi connectivity index (χ1v) is 6.82. The lowest BCUT2D eigenvalue weighted by Gasteiger charge is -2.21. The van der Waals surface area contributed by atoms with Crippen LogP contribution in [-0.2, 0) is 6.54 Å². The summed E-state index contributed by atoms with van der Waals surface area (Å²) in [6, 6.07) is 12.6. The summed E-state index contributed by atoms with van der Waals surface area (Å²) < 4.78 is 0. The van der Waals surface area contributed by atoms with Gasteiger partial charge in [0, 0.05) is 31.2 Å². The number of alkyl halides is 1. The number of amides is 1. The van der Waals surface area contributed by atoms with Crippen LogP contribution in [0.3, 0.4) is 0 Å². The second-order valence-corrected chi connectivity index (χ2v) is 4.72. The van der Waals surface area contributed by atoms with E-state index in [1.165, 1.54) is 18.3 Å². The normalized spacial score (nSPS) is 10.2. The standard InChI is InChI=1S/C15H15ClN2O2/c16-8-9-18(11-12-4-2-1-3-5-12)15(20)13-6-7-14(19)17-10-13/h1-7,10H,8-9,11H2,(H,17,19). The predicted molar refractivity (Wildman–Crippen MR) is 79.0 cm³/mol. The Balaban J connectivity index is 2.17. The van der Waals surface area contributed by atoms with E-state index in [4.69, 9.17) is 11.6 Å². The molecule has 0 radical (unpaired) electrons. The third-order valence-corrected chi connectivity index (χ3v) is 3.06. The van der Waals surface area contributed by atoms with E-state index in [1.54, 1.807) is 4.90 Å². The third-order valence-electron chi connectivity index (χ3n) is 2.89. The molecule has 4 nitrogen and oxygen atoms in total. The molecule has 0 unspecified atom stereocenters. The number of H-pyrrole nitrogens is 1. The lowest BCUT2D eigenvalue weighted by Crippen LogP contribution is -2.32. The second-order valence-electron chi connectivity index (χ2n) is 4.34. The molecule has 0 fully saturated rings. The van der Waals surface area contributed by atoms with Crippen LogP contribution in [0.4, 0.5) is 0 Å². The minimum Gasteiger partial charge on any atom is -0.333 e. The molecule has 0 aliphatic heterocycles. The van der Waals surface area contributed by atoms with Gasteiger partial charge in [-0.15, -0.1) is 11.6 Å². The zero-order valence-corrected chi connectivity index (χ0v) is 11.6. The smallest absolute Gasteiger partial charge is 0.255 e. The first-order chi connectivity index (χ1) is 9.70. The molecular weight excluding hydrogens is 276 g/mol. The topological polar surface area (TPSA) is 53.2 Å². The van der Waals surface area contributed by atoms with Crippen LogP contribution in [0, 0.1) is 0 Å². The van der Waals surface area contributed by atoms with Gasteiger partial charge in [0.25, 0.3) is 5.91 Å². The van der Waals surface area contributed by atoms with Gasteiger partial charge in [-0.05, 0) is 11.6 Å². The largest absolute Gasteiger partial charge is 0.333 e. The molecule has 20 heavy (non-hydrogen) atoms. The molecule has 1 amide bonds. The zero-order valence-electron chi connectivity index (χ0n) is 10.9. The zero-order chi connectivity index (χ0) is 14.4. The number of halogens is 1. The Morgan fingerprint density at radius 2 is 1.90 bits per heavy atom. The van der Waals surface area contributed by atoms with Crippen molar-refractivity contribution in [3.8, 4) is 0 Å². The molecule has 0 saturated heterocycles. The van der Waals surface area contributed by atoms with Crippen molar-refractivity contribution in [2.45, 2.75) is 6.54 Å². The van der Waals surface area contributed by atoms with Crippen LogP contribution in [0.5, 0.6) is 0 Å². The molecule has 0 bridgehead atoms. The van der Waals surface area contributed by atoms with Gasteiger partial charge in [0.2, 0.25) is 5.56 Å². The number of aromatic amines is 1. The molecule has 2 rings (SSSR count).